The molecule has 0 saturated carbocycles. The maximum Gasteiger partial charge on any atom is 0.251 e. The molecule has 1 amide bonds. The van der Waals surface area contributed by atoms with Gasteiger partial charge in [0, 0.05) is 35.8 Å². The van der Waals surface area contributed by atoms with E-state index in [9.17, 15) is 4.79 Å². The van der Waals surface area contributed by atoms with Crippen molar-refractivity contribution in [3.05, 3.63) is 36.0 Å². The first-order chi connectivity index (χ1) is 9.33. The molecule has 1 atom stereocenters. The Hall–Kier alpha value is -1.81. The number of benzene rings is 1. The molecule has 4 nitrogen and oxygen atoms in total. The fourth-order valence-corrected chi connectivity index (χ4v) is 2.50. The Balaban J connectivity index is 1.62. The van der Waals surface area contributed by atoms with Crippen molar-refractivity contribution in [3.63, 3.8) is 0 Å². The number of aromatic amines is 1. The van der Waals surface area contributed by atoms with Crippen molar-refractivity contribution in [2.24, 2.45) is 5.92 Å². The standard InChI is InChI=1S/C15H18N2O2/c18-15(17-9-11-2-1-7-19-10-11)13-3-4-14-12(8-13)5-6-16-14/h3-6,8,11,16H,1-2,7,9-10H2,(H,17,18). The van der Waals surface area contributed by atoms with Gasteiger partial charge in [0.2, 0.25) is 0 Å². The van der Waals surface area contributed by atoms with E-state index >= 15 is 0 Å². The second-order valence-corrected chi connectivity index (χ2v) is 5.07. The number of rotatable bonds is 3. The zero-order valence-electron chi connectivity index (χ0n) is 10.8. The van der Waals surface area contributed by atoms with E-state index in [0.29, 0.717) is 18.0 Å². The predicted molar refractivity (Wildman–Crippen MR) is 74.2 cm³/mol. The van der Waals surface area contributed by atoms with Gasteiger partial charge in [-0.25, -0.2) is 0 Å². The van der Waals surface area contributed by atoms with Gasteiger partial charge in [-0.1, -0.05) is 0 Å². The number of amides is 1. The molecule has 4 heteroatoms. The molecule has 2 heterocycles. The number of fused-ring (bicyclic) bond motifs is 1. The van der Waals surface area contributed by atoms with Gasteiger partial charge in [-0.05, 0) is 43.0 Å². The number of H-pyrrole nitrogens is 1. The Labute approximate surface area is 112 Å². The molecule has 3 rings (SSSR count). The summed E-state index contributed by atoms with van der Waals surface area (Å²) in [5, 5.41) is 4.06. The topological polar surface area (TPSA) is 54.1 Å². The maximum absolute atomic E-state index is 12.1. The Bertz CT molecular complexity index is 570. The second kappa shape index (κ2) is 5.45. The summed E-state index contributed by atoms with van der Waals surface area (Å²) in [6, 6.07) is 7.68. The maximum atomic E-state index is 12.1. The van der Waals surface area contributed by atoms with Gasteiger partial charge in [0.05, 0.1) is 6.61 Å². The molecule has 0 aliphatic carbocycles. The van der Waals surface area contributed by atoms with Crippen LogP contribution in [0.25, 0.3) is 10.9 Å². The fraction of sp³-hybridized carbons (Fsp3) is 0.400. The van der Waals surface area contributed by atoms with Gasteiger partial charge in [-0.3, -0.25) is 4.79 Å². The van der Waals surface area contributed by atoms with Crippen LogP contribution < -0.4 is 5.32 Å². The van der Waals surface area contributed by atoms with Crippen LogP contribution >= 0.6 is 0 Å². The van der Waals surface area contributed by atoms with Crippen molar-refractivity contribution >= 4 is 16.8 Å². The van der Waals surface area contributed by atoms with Crippen molar-refractivity contribution < 1.29 is 9.53 Å². The van der Waals surface area contributed by atoms with Crippen molar-refractivity contribution in [1.29, 1.82) is 0 Å². The van der Waals surface area contributed by atoms with Gasteiger partial charge in [0.25, 0.3) is 5.91 Å². The molecular weight excluding hydrogens is 240 g/mol. The van der Waals surface area contributed by atoms with E-state index < -0.39 is 0 Å². The lowest BCUT2D eigenvalue weighted by Crippen LogP contribution is -2.33. The highest BCUT2D eigenvalue weighted by Gasteiger charge is 2.15. The van der Waals surface area contributed by atoms with Crippen LogP contribution in [0.3, 0.4) is 0 Å². The molecule has 1 aromatic heterocycles. The molecule has 0 radical (unpaired) electrons. The summed E-state index contributed by atoms with van der Waals surface area (Å²) in [5.74, 6) is 0.447. The van der Waals surface area contributed by atoms with E-state index in [0.717, 1.165) is 37.0 Å². The molecule has 1 unspecified atom stereocenters. The van der Waals surface area contributed by atoms with Crippen molar-refractivity contribution in [2.75, 3.05) is 19.8 Å². The Morgan fingerprint density at radius 2 is 2.37 bits per heavy atom. The Kier molecular flexibility index (Phi) is 3.51. The number of carbonyl (C=O) groups is 1. The number of aromatic nitrogens is 1. The predicted octanol–water partition coefficient (Wildman–Crippen LogP) is 2.32. The average Bonchev–Trinajstić information content (AvgIpc) is 2.93. The molecule has 2 aromatic rings. The highest BCUT2D eigenvalue weighted by Crippen LogP contribution is 2.15. The van der Waals surface area contributed by atoms with Crippen LogP contribution in [0.4, 0.5) is 0 Å². The minimum Gasteiger partial charge on any atom is -0.381 e. The molecule has 0 bridgehead atoms. The number of hydrogen-bond acceptors (Lipinski definition) is 2. The average molecular weight is 258 g/mol. The van der Waals surface area contributed by atoms with Gasteiger partial charge in [0.1, 0.15) is 0 Å². The fourth-order valence-electron chi connectivity index (χ4n) is 2.50. The quantitative estimate of drug-likeness (QED) is 0.887. The first-order valence-corrected chi connectivity index (χ1v) is 6.76. The minimum atomic E-state index is -0.00586. The third-order valence-corrected chi connectivity index (χ3v) is 3.62. The normalized spacial score (nSPS) is 19.5. The molecule has 1 fully saturated rings. The third kappa shape index (κ3) is 2.79. The number of carbonyl (C=O) groups excluding carboxylic acids is 1. The minimum absolute atomic E-state index is 0.00586. The summed E-state index contributed by atoms with van der Waals surface area (Å²) in [7, 11) is 0. The van der Waals surface area contributed by atoms with Crippen molar-refractivity contribution in [1.82, 2.24) is 10.3 Å². The zero-order valence-corrected chi connectivity index (χ0v) is 10.8. The largest absolute Gasteiger partial charge is 0.381 e. The summed E-state index contributed by atoms with van der Waals surface area (Å²) < 4.78 is 5.41. The van der Waals surface area contributed by atoms with Gasteiger partial charge >= 0.3 is 0 Å². The first-order valence-electron chi connectivity index (χ1n) is 6.76. The van der Waals surface area contributed by atoms with Crippen LogP contribution in [0.15, 0.2) is 30.5 Å². The second-order valence-electron chi connectivity index (χ2n) is 5.07. The molecule has 1 aliphatic rings. The van der Waals surface area contributed by atoms with Crippen molar-refractivity contribution in [2.45, 2.75) is 12.8 Å². The summed E-state index contributed by atoms with van der Waals surface area (Å²) in [6.45, 7) is 2.32. The van der Waals surface area contributed by atoms with Crippen LogP contribution in [0.2, 0.25) is 0 Å². The van der Waals surface area contributed by atoms with E-state index in [4.69, 9.17) is 4.74 Å². The summed E-state index contributed by atoms with van der Waals surface area (Å²) in [4.78, 5) is 15.2. The molecule has 1 aromatic carbocycles. The number of hydrogen-bond donors (Lipinski definition) is 2. The summed E-state index contributed by atoms with van der Waals surface area (Å²) in [6.07, 6.45) is 4.11. The monoisotopic (exact) mass is 258 g/mol. The van der Waals surface area contributed by atoms with E-state index in [1.807, 2.05) is 30.5 Å². The van der Waals surface area contributed by atoms with Crippen LogP contribution in [0.5, 0.6) is 0 Å². The Morgan fingerprint density at radius 1 is 1.42 bits per heavy atom. The summed E-state index contributed by atoms with van der Waals surface area (Å²) in [5.41, 5.74) is 1.76. The smallest absolute Gasteiger partial charge is 0.251 e. The van der Waals surface area contributed by atoms with Gasteiger partial charge in [-0.15, -0.1) is 0 Å². The van der Waals surface area contributed by atoms with Gasteiger partial charge in [-0.2, -0.15) is 0 Å². The highest BCUT2D eigenvalue weighted by atomic mass is 16.5. The third-order valence-electron chi connectivity index (χ3n) is 3.62. The molecular formula is C15H18N2O2. The SMILES string of the molecule is O=C(NCC1CCCOC1)c1ccc2[nH]ccc2c1. The lowest BCUT2D eigenvalue weighted by atomic mass is 10.0. The number of ether oxygens (including phenoxy) is 1. The van der Waals surface area contributed by atoms with Crippen LogP contribution in [-0.2, 0) is 4.74 Å². The van der Waals surface area contributed by atoms with E-state index in [1.54, 1.807) is 0 Å². The Morgan fingerprint density at radius 3 is 3.21 bits per heavy atom. The van der Waals surface area contributed by atoms with Gasteiger partial charge in [0.15, 0.2) is 0 Å². The van der Waals surface area contributed by atoms with E-state index in [-0.39, 0.29) is 5.91 Å². The van der Waals surface area contributed by atoms with Crippen molar-refractivity contribution in [3.8, 4) is 0 Å². The molecule has 1 saturated heterocycles. The number of nitrogens with one attached hydrogen (secondary N) is 2. The molecule has 0 spiro atoms. The van der Waals surface area contributed by atoms with E-state index in [2.05, 4.69) is 10.3 Å². The lowest BCUT2D eigenvalue weighted by Gasteiger charge is -2.22. The summed E-state index contributed by atoms with van der Waals surface area (Å²) >= 11 is 0. The molecule has 2 N–H and O–H groups in total. The molecule has 100 valence electrons. The van der Waals surface area contributed by atoms with Crippen LogP contribution in [0, 0.1) is 5.92 Å². The highest BCUT2D eigenvalue weighted by molar-refractivity contribution is 5.98. The van der Waals surface area contributed by atoms with Crippen LogP contribution in [-0.4, -0.2) is 30.6 Å². The van der Waals surface area contributed by atoms with Crippen LogP contribution in [0.1, 0.15) is 23.2 Å². The zero-order chi connectivity index (χ0) is 13.1. The van der Waals surface area contributed by atoms with Gasteiger partial charge < -0.3 is 15.0 Å². The molecule has 1 aliphatic heterocycles. The lowest BCUT2D eigenvalue weighted by molar-refractivity contribution is 0.0536. The first kappa shape index (κ1) is 12.2. The van der Waals surface area contributed by atoms with E-state index in [1.165, 1.54) is 0 Å². The molecule has 19 heavy (non-hydrogen) atoms.